The Morgan fingerprint density at radius 3 is 2.89 bits per heavy atom. The highest BCUT2D eigenvalue weighted by Crippen LogP contribution is 2.33. The minimum atomic E-state index is 0.579. The van der Waals surface area contributed by atoms with Crippen LogP contribution in [0.25, 0.3) is 10.6 Å². The summed E-state index contributed by atoms with van der Waals surface area (Å²) in [4.78, 5) is 6.78. The van der Waals surface area contributed by atoms with E-state index in [2.05, 4.69) is 27.3 Å². The quantitative estimate of drug-likeness (QED) is 0.928. The molecule has 0 aliphatic carbocycles. The summed E-state index contributed by atoms with van der Waals surface area (Å²) in [6, 6.07) is 0.579. The van der Waals surface area contributed by atoms with Crippen LogP contribution in [-0.4, -0.2) is 40.9 Å². The van der Waals surface area contributed by atoms with Gasteiger partial charge in [0.15, 0.2) is 0 Å². The summed E-state index contributed by atoms with van der Waals surface area (Å²) in [5.41, 5.74) is 1.14. The topological polar surface area (TPSA) is 46.0 Å². The van der Waals surface area contributed by atoms with Crippen molar-refractivity contribution in [3.8, 4) is 10.6 Å². The molecule has 0 saturated carbocycles. The van der Waals surface area contributed by atoms with E-state index in [4.69, 9.17) is 0 Å². The molecule has 1 aliphatic rings. The third-order valence-electron chi connectivity index (χ3n) is 3.76. The molecule has 0 bridgehead atoms. The number of aromatic nitrogens is 3. The maximum Gasteiger partial charge on any atom is 0.136 e. The van der Waals surface area contributed by atoms with E-state index in [-0.39, 0.29) is 0 Å². The number of hydrogen-bond donors (Lipinski definition) is 1. The van der Waals surface area contributed by atoms with Gasteiger partial charge in [0.1, 0.15) is 10.8 Å². The lowest BCUT2D eigenvalue weighted by Gasteiger charge is -2.33. The third kappa shape index (κ3) is 2.37. The van der Waals surface area contributed by atoms with Gasteiger partial charge in [0.25, 0.3) is 0 Å². The second-order valence-corrected chi connectivity index (χ2v) is 5.83. The van der Waals surface area contributed by atoms with Gasteiger partial charge in [-0.05, 0) is 25.9 Å². The number of hydrogen-bond acceptors (Lipinski definition) is 5. The summed E-state index contributed by atoms with van der Waals surface area (Å²) in [6.07, 6.45) is 6.13. The number of thiazole rings is 1. The molecular weight excluding hydrogens is 258 g/mol. The van der Waals surface area contributed by atoms with Crippen LogP contribution in [0.2, 0.25) is 0 Å². The van der Waals surface area contributed by atoms with E-state index in [1.165, 1.54) is 18.7 Å². The first-order valence-corrected chi connectivity index (χ1v) is 7.50. The van der Waals surface area contributed by atoms with Crippen LogP contribution in [0.4, 0.5) is 5.82 Å². The molecule has 0 aromatic carbocycles. The van der Waals surface area contributed by atoms with Gasteiger partial charge < -0.3 is 10.2 Å². The fraction of sp³-hybridized carbons (Fsp3) is 0.538. The van der Waals surface area contributed by atoms with Crippen LogP contribution >= 0.6 is 11.3 Å². The SMILES string of the molecule is CN(c1c(-c2nccs2)cnn1C)C1CCNCC1. The fourth-order valence-corrected chi connectivity index (χ4v) is 3.37. The molecule has 2 aromatic heterocycles. The maximum atomic E-state index is 4.41. The average Bonchev–Trinajstić information content (AvgIpc) is 3.08. The highest BCUT2D eigenvalue weighted by molar-refractivity contribution is 7.13. The van der Waals surface area contributed by atoms with Crippen molar-refractivity contribution in [1.82, 2.24) is 20.1 Å². The van der Waals surface area contributed by atoms with Gasteiger partial charge >= 0.3 is 0 Å². The summed E-state index contributed by atoms with van der Waals surface area (Å²) >= 11 is 1.66. The summed E-state index contributed by atoms with van der Waals surface area (Å²) in [5, 5.41) is 10.9. The number of piperidine rings is 1. The Balaban J connectivity index is 1.93. The van der Waals surface area contributed by atoms with Gasteiger partial charge in [0, 0.05) is 31.7 Å². The van der Waals surface area contributed by atoms with E-state index in [0.717, 1.165) is 23.7 Å². The van der Waals surface area contributed by atoms with Crippen LogP contribution in [-0.2, 0) is 7.05 Å². The summed E-state index contributed by atoms with van der Waals surface area (Å²) in [7, 11) is 4.17. The molecular formula is C13H19N5S. The first kappa shape index (κ1) is 12.6. The molecule has 19 heavy (non-hydrogen) atoms. The second kappa shape index (κ2) is 5.30. The molecule has 0 spiro atoms. The smallest absolute Gasteiger partial charge is 0.136 e. The van der Waals surface area contributed by atoms with E-state index in [0.29, 0.717) is 6.04 Å². The predicted molar refractivity (Wildman–Crippen MR) is 78.6 cm³/mol. The fourth-order valence-electron chi connectivity index (χ4n) is 2.72. The lowest BCUT2D eigenvalue weighted by Crippen LogP contribution is -2.42. The van der Waals surface area contributed by atoms with Crippen molar-refractivity contribution in [3.05, 3.63) is 17.8 Å². The van der Waals surface area contributed by atoms with Crippen LogP contribution in [0.15, 0.2) is 17.8 Å². The molecule has 0 atom stereocenters. The maximum absolute atomic E-state index is 4.41. The van der Waals surface area contributed by atoms with E-state index in [9.17, 15) is 0 Å². The van der Waals surface area contributed by atoms with Crippen molar-refractivity contribution < 1.29 is 0 Å². The lowest BCUT2D eigenvalue weighted by molar-refractivity contribution is 0.438. The predicted octanol–water partition coefficient (Wildman–Crippen LogP) is 1.73. The van der Waals surface area contributed by atoms with E-state index in [1.807, 2.05) is 29.5 Å². The van der Waals surface area contributed by atoms with Crippen molar-refractivity contribution >= 4 is 17.2 Å². The van der Waals surface area contributed by atoms with Crippen LogP contribution < -0.4 is 10.2 Å². The molecule has 1 fully saturated rings. The van der Waals surface area contributed by atoms with Gasteiger partial charge in [-0.2, -0.15) is 5.10 Å². The van der Waals surface area contributed by atoms with Gasteiger partial charge in [0.2, 0.25) is 0 Å². The molecule has 1 aliphatic heterocycles. The Hall–Kier alpha value is -1.40. The average molecular weight is 277 g/mol. The van der Waals surface area contributed by atoms with E-state index >= 15 is 0 Å². The van der Waals surface area contributed by atoms with Crippen molar-refractivity contribution in [3.63, 3.8) is 0 Å². The van der Waals surface area contributed by atoms with Gasteiger partial charge in [0.05, 0.1) is 11.8 Å². The summed E-state index contributed by atoms with van der Waals surface area (Å²) < 4.78 is 1.96. The Kier molecular flexibility index (Phi) is 3.52. The Bertz CT molecular complexity index is 527. The Morgan fingerprint density at radius 1 is 1.42 bits per heavy atom. The standard InChI is InChI=1S/C13H19N5S/c1-17(10-3-5-14-6-4-10)13-11(9-16-18(13)2)12-15-7-8-19-12/h7-10,14H,3-6H2,1-2H3. The van der Waals surface area contributed by atoms with Crippen molar-refractivity contribution in [2.45, 2.75) is 18.9 Å². The number of aryl methyl sites for hydroxylation is 1. The number of nitrogens with zero attached hydrogens (tertiary/aromatic N) is 4. The van der Waals surface area contributed by atoms with Gasteiger partial charge in [-0.3, -0.25) is 4.68 Å². The zero-order chi connectivity index (χ0) is 13.2. The van der Waals surface area contributed by atoms with Gasteiger partial charge in [-0.1, -0.05) is 0 Å². The second-order valence-electron chi connectivity index (χ2n) is 4.93. The molecule has 3 rings (SSSR count). The van der Waals surface area contributed by atoms with E-state index < -0.39 is 0 Å². The molecule has 6 heteroatoms. The van der Waals surface area contributed by atoms with E-state index in [1.54, 1.807) is 11.3 Å². The molecule has 1 N–H and O–H groups in total. The molecule has 5 nitrogen and oxygen atoms in total. The minimum absolute atomic E-state index is 0.579. The van der Waals surface area contributed by atoms with Crippen LogP contribution in [0.1, 0.15) is 12.8 Å². The number of anilines is 1. The van der Waals surface area contributed by atoms with Crippen LogP contribution in [0.5, 0.6) is 0 Å². The summed E-state index contributed by atoms with van der Waals surface area (Å²) in [6.45, 7) is 2.19. The molecule has 1 saturated heterocycles. The van der Waals surface area contributed by atoms with Crippen molar-refractivity contribution in [2.24, 2.45) is 7.05 Å². The lowest BCUT2D eigenvalue weighted by atomic mass is 10.1. The molecule has 0 unspecified atom stereocenters. The minimum Gasteiger partial charge on any atom is -0.356 e. The molecule has 3 heterocycles. The highest BCUT2D eigenvalue weighted by Gasteiger charge is 2.23. The van der Waals surface area contributed by atoms with Gasteiger partial charge in [-0.25, -0.2) is 4.98 Å². The number of nitrogens with one attached hydrogen (secondary N) is 1. The first-order valence-electron chi connectivity index (χ1n) is 6.63. The van der Waals surface area contributed by atoms with Crippen LogP contribution in [0, 0.1) is 0 Å². The summed E-state index contributed by atoms with van der Waals surface area (Å²) in [5.74, 6) is 1.17. The largest absolute Gasteiger partial charge is 0.356 e. The Morgan fingerprint density at radius 2 is 2.21 bits per heavy atom. The Labute approximate surface area is 117 Å². The monoisotopic (exact) mass is 277 g/mol. The normalized spacial score (nSPS) is 16.7. The van der Waals surface area contributed by atoms with Crippen molar-refractivity contribution in [2.75, 3.05) is 25.0 Å². The third-order valence-corrected chi connectivity index (χ3v) is 4.57. The van der Waals surface area contributed by atoms with Crippen LogP contribution in [0.3, 0.4) is 0 Å². The molecule has 102 valence electrons. The first-order chi connectivity index (χ1) is 9.27. The van der Waals surface area contributed by atoms with Gasteiger partial charge in [-0.15, -0.1) is 11.3 Å². The highest BCUT2D eigenvalue weighted by atomic mass is 32.1. The van der Waals surface area contributed by atoms with Crippen molar-refractivity contribution in [1.29, 1.82) is 0 Å². The molecule has 0 radical (unpaired) electrons. The zero-order valence-electron chi connectivity index (χ0n) is 11.3. The number of rotatable bonds is 3. The molecule has 2 aromatic rings. The molecule has 0 amide bonds. The zero-order valence-corrected chi connectivity index (χ0v) is 12.2.